The lowest BCUT2D eigenvalue weighted by Gasteiger charge is -2.29. The van der Waals surface area contributed by atoms with Gasteiger partial charge in [-0.15, -0.1) is 0 Å². The van der Waals surface area contributed by atoms with Gasteiger partial charge in [-0.05, 0) is 6.42 Å². The van der Waals surface area contributed by atoms with Crippen LogP contribution in [0.2, 0.25) is 0 Å². The number of aliphatic hydroxyl groups is 2. The van der Waals surface area contributed by atoms with E-state index in [4.69, 9.17) is 32.1 Å². The third-order valence-electron chi connectivity index (χ3n) is 2.45. The summed E-state index contributed by atoms with van der Waals surface area (Å²) in [4.78, 5) is 11.2. The minimum Gasteiger partial charge on any atom is -0.779 e. The second-order valence-electron chi connectivity index (χ2n) is 4.08. The fourth-order valence-electron chi connectivity index (χ4n) is 1.72. The van der Waals surface area contributed by atoms with Gasteiger partial charge in [0.1, 0.15) is 33.8 Å². The molecule has 1 rings (SSSR count). The fourth-order valence-corrected chi connectivity index (χ4v) is 2.42. The summed E-state index contributed by atoms with van der Waals surface area (Å²) >= 11 is 0. The molecule has 1 saturated heterocycles. The maximum Gasteiger partial charge on any atom is 0.132 e. The first-order valence-corrected chi connectivity index (χ1v) is 7.59. The molecule has 2 N–H and O–H groups in total. The fraction of sp³-hybridized carbons (Fsp3) is 1.00. The van der Waals surface area contributed by atoms with E-state index in [1.54, 1.807) is 0 Å². The molecule has 0 amide bonds. The molecule has 0 aromatic carbocycles. The second-order valence-corrected chi connectivity index (χ2v) is 5.83. The van der Waals surface area contributed by atoms with Crippen molar-refractivity contribution in [2.45, 2.75) is 30.7 Å². The molecule has 1 aliphatic rings. The van der Waals surface area contributed by atoms with Gasteiger partial charge in [-0.3, -0.25) is 0 Å². The van der Waals surface area contributed by atoms with Gasteiger partial charge in [-0.25, -0.2) is 0 Å². The van der Waals surface area contributed by atoms with Crippen LogP contribution in [0.4, 0.5) is 0 Å². The Morgan fingerprint density at radius 3 is 2.61 bits per heavy atom. The summed E-state index contributed by atoms with van der Waals surface area (Å²) < 4.78 is 26.5. The van der Waals surface area contributed by atoms with E-state index >= 15 is 0 Å². The number of hydrogen-bond donors (Lipinski definition) is 2. The second kappa shape index (κ2) is 7.00. The van der Waals surface area contributed by atoms with Crippen molar-refractivity contribution in [2.75, 3.05) is 26.5 Å². The van der Waals surface area contributed by atoms with E-state index in [0.717, 1.165) is 6.66 Å². The van der Waals surface area contributed by atoms with Gasteiger partial charge in [0.25, 0.3) is 0 Å². The van der Waals surface area contributed by atoms with Crippen molar-refractivity contribution >= 4 is 15.4 Å². The van der Waals surface area contributed by atoms with E-state index < -0.39 is 38.5 Å². The third-order valence-corrected chi connectivity index (χ3v) is 3.08. The first kappa shape index (κ1) is 16.1. The van der Waals surface area contributed by atoms with Crippen molar-refractivity contribution in [1.82, 2.24) is 0 Å². The Bertz CT molecular complexity index is 297. The Hall–Kier alpha value is 0.0549. The summed E-state index contributed by atoms with van der Waals surface area (Å²) in [5.41, 5.74) is 0. The summed E-state index contributed by atoms with van der Waals surface area (Å²) in [6.45, 7) is 0.656. The highest BCUT2D eigenvalue weighted by Gasteiger charge is 2.44. The zero-order chi connectivity index (χ0) is 13.8. The number of ether oxygens (including phenoxy) is 2. The molecule has 0 bridgehead atoms. The molecule has 1 fully saturated rings. The Kier molecular flexibility index (Phi) is 6.27. The average Bonchev–Trinajstić information content (AvgIpc) is 2.54. The largest absolute Gasteiger partial charge is 0.779 e. The van der Waals surface area contributed by atoms with Crippen molar-refractivity contribution in [3.8, 4) is 0 Å². The number of aliphatic hydroxyl groups excluding tert-OH is 2. The van der Waals surface area contributed by atoms with Gasteiger partial charge < -0.3 is 33.7 Å². The zero-order valence-electron chi connectivity index (χ0n) is 10.1. The summed E-state index contributed by atoms with van der Waals surface area (Å²) in [6, 6.07) is -0.877. The molecule has 0 spiro atoms. The first-order valence-electron chi connectivity index (χ1n) is 5.60. The van der Waals surface area contributed by atoms with Gasteiger partial charge in [0, 0.05) is 25.9 Å². The molecule has 7 nitrogen and oxygen atoms in total. The van der Waals surface area contributed by atoms with E-state index in [0.29, 0.717) is 6.42 Å². The number of rotatable bonds is 7. The molecule has 0 saturated carbocycles. The standard InChI is InChI=1S/C9H18BO7P/c1-18(13,14)17-7-6(5-12)16-9(10)8(7)15-4-2-3-11/h6-9,11-12H,2-5H2,1H3,(H,13,14)/p-1/t6-,7+,8?,9-/m1/s1. The monoisotopic (exact) mass is 279 g/mol. The SMILES string of the molecule is [B][C@@H]1O[C@H](CO)[C@H](OP(C)(=O)[O-])C1OCCCO. The van der Waals surface area contributed by atoms with Crippen molar-refractivity contribution in [1.29, 1.82) is 0 Å². The van der Waals surface area contributed by atoms with Gasteiger partial charge in [-0.2, -0.15) is 0 Å². The van der Waals surface area contributed by atoms with E-state index in [9.17, 15) is 9.46 Å². The smallest absolute Gasteiger partial charge is 0.132 e. The van der Waals surface area contributed by atoms with Crippen molar-refractivity contribution < 1.29 is 33.7 Å². The average molecular weight is 279 g/mol. The van der Waals surface area contributed by atoms with E-state index in [1.165, 1.54) is 0 Å². The van der Waals surface area contributed by atoms with Crippen LogP contribution in [0.1, 0.15) is 6.42 Å². The molecule has 9 heteroatoms. The summed E-state index contributed by atoms with van der Waals surface area (Å²) in [6.07, 6.45) is -2.23. The maximum absolute atomic E-state index is 11.2. The predicted molar refractivity (Wildman–Crippen MR) is 61.3 cm³/mol. The molecule has 5 atom stereocenters. The molecule has 2 radical (unpaired) electrons. The van der Waals surface area contributed by atoms with Gasteiger partial charge >= 0.3 is 0 Å². The lowest BCUT2D eigenvalue weighted by molar-refractivity contribution is -0.205. The van der Waals surface area contributed by atoms with Crippen LogP contribution < -0.4 is 4.89 Å². The molecule has 0 aromatic heterocycles. The molecule has 0 aromatic rings. The molecule has 18 heavy (non-hydrogen) atoms. The Labute approximate surface area is 107 Å². The Morgan fingerprint density at radius 1 is 1.44 bits per heavy atom. The highest BCUT2D eigenvalue weighted by atomic mass is 31.2. The third kappa shape index (κ3) is 4.62. The van der Waals surface area contributed by atoms with Crippen LogP contribution in [0.5, 0.6) is 0 Å². The van der Waals surface area contributed by atoms with Crippen LogP contribution in [0, 0.1) is 0 Å². The Balaban J connectivity index is 2.67. The molecule has 1 aliphatic heterocycles. The van der Waals surface area contributed by atoms with E-state index in [1.807, 2.05) is 0 Å². The first-order chi connectivity index (χ1) is 8.39. The summed E-state index contributed by atoms with van der Waals surface area (Å²) in [5, 5.41) is 17.7. The molecule has 2 unspecified atom stereocenters. The minimum absolute atomic E-state index is 0.0500. The van der Waals surface area contributed by atoms with Crippen LogP contribution >= 0.6 is 7.60 Å². The predicted octanol–water partition coefficient (Wildman–Crippen LogP) is -1.79. The lowest BCUT2D eigenvalue weighted by Crippen LogP contribution is -2.39. The maximum atomic E-state index is 11.2. The van der Waals surface area contributed by atoms with Crippen LogP contribution in [0.3, 0.4) is 0 Å². The normalized spacial score (nSPS) is 35.6. The molecule has 0 aliphatic carbocycles. The van der Waals surface area contributed by atoms with Crippen LogP contribution in [0.15, 0.2) is 0 Å². The van der Waals surface area contributed by atoms with Gasteiger partial charge in [-0.1, -0.05) is 0 Å². The topological polar surface area (TPSA) is 108 Å². The van der Waals surface area contributed by atoms with Crippen LogP contribution in [-0.2, 0) is 18.6 Å². The highest BCUT2D eigenvalue weighted by Crippen LogP contribution is 2.39. The van der Waals surface area contributed by atoms with Crippen molar-refractivity contribution in [3.63, 3.8) is 0 Å². The molecule has 1 heterocycles. The van der Waals surface area contributed by atoms with E-state index in [-0.39, 0.29) is 13.2 Å². The van der Waals surface area contributed by atoms with Gasteiger partial charge in [0.05, 0.1) is 6.61 Å². The highest BCUT2D eigenvalue weighted by molar-refractivity contribution is 7.50. The van der Waals surface area contributed by atoms with E-state index in [2.05, 4.69) is 0 Å². The Morgan fingerprint density at radius 2 is 2.11 bits per heavy atom. The molecular weight excluding hydrogens is 262 g/mol. The van der Waals surface area contributed by atoms with Crippen LogP contribution in [-0.4, -0.2) is 68.9 Å². The van der Waals surface area contributed by atoms with Gasteiger partial charge in [0.2, 0.25) is 0 Å². The summed E-state index contributed by atoms with van der Waals surface area (Å²) in [7, 11) is 1.65. The molecule has 104 valence electrons. The quantitative estimate of drug-likeness (QED) is 0.322. The van der Waals surface area contributed by atoms with Crippen LogP contribution in [0.25, 0.3) is 0 Å². The zero-order valence-corrected chi connectivity index (χ0v) is 11.0. The van der Waals surface area contributed by atoms with Crippen molar-refractivity contribution in [3.05, 3.63) is 0 Å². The van der Waals surface area contributed by atoms with Gasteiger partial charge in [0.15, 0.2) is 0 Å². The number of hydrogen-bond acceptors (Lipinski definition) is 7. The minimum atomic E-state index is -3.99. The van der Waals surface area contributed by atoms with Crippen molar-refractivity contribution in [2.24, 2.45) is 0 Å². The molecular formula is C9H17BO7P-. The summed E-state index contributed by atoms with van der Waals surface area (Å²) in [5.74, 6) is 0. The lowest BCUT2D eigenvalue weighted by atomic mass is 9.93.